The lowest BCUT2D eigenvalue weighted by Gasteiger charge is -2.39. The van der Waals surface area contributed by atoms with Crippen molar-refractivity contribution in [3.63, 3.8) is 0 Å². The van der Waals surface area contributed by atoms with E-state index in [1.165, 1.54) is 22.3 Å². The lowest BCUT2D eigenvalue weighted by molar-refractivity contribution is -0.139. The second-order valence-electron chi connectivity index (χ2n) is 7.42. The Balaban J connectivity index is 0.000000948. The smallest absolute Gasteiger partial charge is 0.314 e. The maximum absolute atomic E-state index is 12.0. The number of aliphatic hydroxyl groups is 1. The highest BCUT2D eigenvalue weighted by Crippen LogP contribution is 2.50. The van der Waals surface area contributed by atoms with Crippen LogP contribution in [0.1, 0.15) is 65.2 Å². The fraction of sp³-hybridized carbons (Fsp3) is 0.591. The van der Waals surface area contributed by atoms with Gasteiger partial charge in [-0.15, -0.1) is 0 Å². The molecule has 0 amide bonds. The van der Waals surface area contributed by atoms with E-state index in [0.717, 1.165) is 61.9 Å². The van der Waals surface area contributed by atoms with Crippen molar-refractivity contribution < 1.29 is 19.7 Å². The molecule has 0 aliphatic heterocycles. The van der Waals surface area contributed by atoms with Crippen LogP contribution in [-0.4, -0.2) is 29.4 Å². The standard InChI is InChI=1S/C20H24O4.C2H6/c1-24-16-5-3-11-6-14-7-12-2-4-15(21)10-18(12)19(20(22)23)17(14)9-13(11)8-16;1-2/h5,15,19,21H,2-4,6-10H2,1H3,(H,22,23);1-2H3. The molecule has 0 saturated heterocycles. The summed E-state index contributed by atoms with van der Waals surface area (Å²) in [4.78, 5) is 12.0. The summed E-state index contributed by atoms with van der Waals surface area (Å²) in [6, 6.07) is 0. The molecule has 2 unspecified atom stereocenters. The average molecular weight is 358 g/mol. The molecule has 26 heavy (non-hydrogen) atoms. The molecule has 4 nitrogen and oxygen atoms in total. The van der Waals surface area contributed by atoms with E-state index in [0.29, 0.717) is 6.42 Å². The highest BCUT2D eigenvalue weighted by molar-refractivity contribution is 5.79. The van der Waals surface area contributed by atoms with Gasteiger partial charge in [0.05, 0.1) is 24.9 Å². The molecule has 0 heterocycles. The molecular weight excluding hydrogens is 328 g/mol. The number of ether oxygens (including phenoxy) is 1. The molecule has 0 radical (unpaired) electrons. The van der Waals surface area contributed by atoms with E-state index < -0.39 is 11.9 Å². The fourth-order valence-corrected chi connectivity index (χ4v) is 4.83. The fourth-order valence-electron chi connectivity index (χ4n) is 4.83. The van der Waals surface area contributed by atoms with Crippen LogP contribution in [0.5, 0.6) is 0 Å². The topological polar surface area (TPSA) is 66.8 Å². The summed E-state index contributed by atoms with van der Waals surface area (Å²) in [5.74, 6) is -0.288. The van der Waals surface area contributed by atoms with Crippen molar-refractivity contribution >= 4 is 5.97 Å². The molecule has 0 bridgehead atoms. The van der Waals surface area contributed by atoms with Gasteiger partial charge in [0.25, 0.3) is 0 Å². The van der Waals surface area contributed by atoms with Crippen molar-refractivity contribution in [1.29, 1.82) is 0 Å². The third kappa shape index (κ3) is 3.39. The molecule has 142 valence electrons. The third-order valence-corrected chi connectivity index (χ3v) is 6.07. The molecular formula is C22H30O4. The number of rotatable bonds is 2. The van der Waals surface area contributed by atoms with E-state index in [-0.39, 0.29) is 6.10 Å². The Hall–Kier alpha value is -1.81. The number of allylic oxidation sites excluding steroid dienone is 5. The van der Waals surface area contributed by atoms with E-state index in [1.807, 2.05) is 13.8 Å². The summed E-state index contributed by atoms with van der Waals surface area (Å²) >= 11 is 0. The zero-order valence-electron chi connectivity index (χ0n) is 16.1. The molecule has 0 spiro atoms. The minimum Gasteiger partial charge on any atom is -0.501 e. The van der Waals surface area contributed by atoms with Crippen molar-refractivity contribution in [3.05, 3.63) is 45.3 Å². The Kier molecular flexibility index (Phi) is 5.71. The lowest BCUT2D eigenvalue weighted by atomic mass is 9.66. The summed E-state index contributed by atoms with van der Waals surface area (Å²) in [6.07, 6.45) is 8.24. The molecule has 4 aliphatic carbocycles. The van der Waals surface area contributed by atoms with E-state index in [9.17, 15) is 15.0 Å². The van der Waals surface area contributed by atoms with Gasteiger partial charge in [-0.25, -0.2) is 0 Å². The molecule has 2 atom stereocenters. The van der Waals surface area contributed by atoms with Gasteiger partial charge in [-0.2, -0.15) is 0 Å². The number of carboxylic acid groups (broad SMARTS) is 1. The SMILES string of the molecule is CC.COC1=CCC2=C(C1)CC1=C(C2)CC2=C(CC(O)CC2)C1C(=O)O. The molecule has 0 saturated carbocycles. The number of aliphatic hydroxyl groups excluding tert-OH is 1. The second kappa shape index (κ2) is 7.83. The average Bonchev–Trinajstić information content (AvgIpc) is 2.65. The Morgan fingerprint density at radius 3 is 2.46 bits per heavy atom. The van der Waals surface area contributed by atoms with Gasteiger partial charge in [0.2, 0.25) is 0 Å². The summed E-state index contributed by atoms with van der Waals surface area (Å²) in [5.41, 5.74) is 7.48. The van der Waals surface area contributed by atoms with Crippen molar-refractivity contribution in [2.75, 3.05) is 7.11 Å². The zero-order chi connectivity index (χ0) is 18.8. The lowest BCUT2D eigenvalue weighted by Crippen LogP contribution is -2.31. The van der Waals surface area contributed by atoms with Gasteiger partial charge in [-0.1, -0.05) is 36.1 Å². The maximum atomic E-state index is 12.0. The quantitative estimate of drug-likeness (QED) is 0.704. The largest absolute Gasteiger partial charge is 0.501 e. The van der Waals surface area contributed by atoms with E-state index >= 15 is 0 Å². The minimum atomic E-state index is -0.758. The number of methoxy groups -OCH3 is 1. The van der Waals surface area contributed by atoms with Gasteiger partial charge < -0.3 is 14.9 Å². The highest BCUT2D eigenvalue weighted by Gasteiger charge is 2.39. The van der Waals surface area contributed by atoms with E-state index in [4.69, 9.17) is 4.74 Å². The van der Waals surface area contributed by atoms with E-state index in [1.54, 1.807) is 7.11 Å². The minimum absolute atomic E-state index is 0.385. The first-order valence-corrected chi connectivity index (χ1v) is 9.82. The van der Waals surface area contributed by atoms with Crippen molar-refractivity contribution in [3.8, 4) is 0 Å². The van der Waals surface area contributed by atoms with Crippen LogP contribution in [0.15, 0.2) is 45.3 Å². The van der Waals surface area contributed by atoms with Gasteiger partial charge in [0, 0.05) is 6.42 Å². The van der Waals surface area contributed by atoms with Crippen molar-refractivity contribution in [2.45, 2.75) is 71.3 Å². The molecule has 4 aliphatic rings. The number of hydrogen-bond donors (Lipinski definition) is 2. The summed E-state index contributed by atoms with van der Waals surface area (Å²) < 4.78 is 5.40. The van der Waals surface area contributed by atoms with Gasteiger partial charge in [0.15, 0.2) is 0 Å². The second-order valence-corrected chi connectivity index (χ2v) is 7.42. The predicted octanol–water partition coefficient (Wildman–Crippen LogP) is 4.67. The molecule has 0 aromatic rings. The Morgan fingerprint density at radius 1 is 1.04 bits per heavy atom. The molecule has 2 N–H and O–H groups in total. The van der Waals surface area contributed by atoms with Crippen LogP contribution in [0.2, 0.25) is 0 Å². The van der Waals surface area contributed by atoms with Crippen molar-refractivity contribution in [1.82, 2.24) is 0 Å². The monoisotopic (exact) mass is 358 g/mol. The summed E-state index contributed by atoms with van der Waals surface area (Å²) in [6.45, 7) is 4.00. The van der Waals surface area contributed by atoms with Gasteiger partial charge in [-0.3, -0.25) is 4.79 Å². The van der Waals surface area contributed by atoms with Crippen LogP contribution in [0, 0.1) is 5.92 Å². The van der Waals surface area contributed by atoms with Crippen LogP contribution >= 0.6 is 0 Å². The molecule has 4 rings (SSSR count). The van der Waals surface area contributed by atoms with Crippen LogP contribution in [-0.2, 0) is 9.53 Å². The van der Waals surface area contributed by atoms with Crippen LogP contribution in [0.4, 0.5) is 0 Å². The number of carbonyl (C=O) groups is 1. The summed E-state index contributed by atoms with van der Waals surface area (Å²) in [7, 11) is 1.70. The number of aliphatic carboxylic acids is 1. The normalized spacial score (nSPS) is 27.6. The Labute approximate surface area is 155 Å². The molecule has 0 aromatic carbocycles. The van der Waals surface area contributed by atoms with Crippen LogP contribution in [0.25, 0.3) is 0 Å². The Morgan fingerprint density at radius 2 is 1.77 bits per heavy atom. The van der Waals surface area contributed by atoms with E-state index in [2.05, 4.69) is 6.08 Å². The van der Waals surface area contributed by atoms with Crippen LogP contribution < -0.4 is 0 Å². The third-order valence-electron chi connectivity index (χ3n) is 6.07. The number of carboxylic acids is 1. The van der Waals surface area contributed by atoms with Crippen LogP contribution in [0.3, 0.4) is 0 Å². The first-order valence-electron chi connectivity index (χ1n) is 9.82. The maximum Gasteiger partial charge on any atom is 0.314 e. The summed E-state index contributed by atoms with van der Waals surface area (Å²) in [5, 5.41) is 19.9. The highest BCUT2D eigenvalue weighted by atomic mass is 16.5. The predicted molar refractivity (Wildman–Crippen MR) is 102 cm³/mol. The first kappa shape index (κ1) is 19.0. The van der Waals surface area contributed by atoms with Gasteiger partial charge in [-0.05, 0) is 62.2 Å². The first-order chi connectivity index (χ1) is 12.6. The molecule has 0 aromatic heterocycles. The van der Waals surface area contributed by atoms with Gasteiger partial charge in [0.1, 0.15) is 0 Å². The van der Waals surface area contributed by atoms with Gasteiger partial charge >= 0.3 is 5.97 Å². The van der Waals surface area contributed by atoms with Crippen molar-refractivity contribution in [2.24, 2.45) is 5.92 Å². The molecule has 4 heteroatoms. The Bertz CT molecular complexity index is 720. The molecule has 0 fully saturated rings. The zero-order valence-corrected chi connectivity index (χ0v) is 16.1. The number of hydrogen-bond acceptors (Lipinski definition) is 3.